The Kier molecular flexibility index (Phi) is 7.22. The van der Waals surface area contributed by atoms with Crippen LogP contribution in [0.25, 0.3) is 0 Å². The molecule has 146 valence electrons. The largest absolute Gasteiger partial charge is 0.453 e. The van der Waals surface area contributed by atoms with Gasteiger partial charge in [0.1, 0.15) is 0 Å². The number of ketones is 1. The van der Waals surface area contributed by atoms with Crippen molar-refractivity contribution in [1.29, 1.82) is 0 Å². The number of amides is 1. The lowest BCUT2D eigenvalue weighted by molar-refractivity contribution is -0.384. The summed E-state index contributed by atoms with van der Waals surface area (Å²) in [6.07, 6.45) is -1.38. The maximum absolute atomic E-state index is 12.1. The standard InChI is InChI=1S/C19H17ClN2O6/c1-12(19(25)21-15-3-2-4-16(11-15)22(26)27)28-18(24)10-9-17(23)13-5-7-14(20)8-6-13/h2-8,11-12H,9-10H2,1H3,(H,21,25)/t12-/m0/s1. The van der Waals surface area contributed by atoms with Crippen molar-refractivity contribution < 1.29 is 24.0 Å². The van der Waals surface area contributed by atoms with E-state index in [1.807, 2.05) is 0 Å². The van der Waals surface area contributed by atoms with Gasteiger partial charge in [0, 0.05) is 34.8 Å². The molecule has 0 aliphatic rings. The minimum absolute atomic E-state index is 0.0698. The van der Waals surface area contributed by atoms with Crippen LogP contribution in [-0.2, 0) is 14.3 Å². The van der Waals surface area contributed by atoms with E-state index in [-0.39, 0.29) is 30.0 Å². The predicted octanol–water partition coefficient (Wildman–Crippen LogP) is 3.78. The summed E-state index contributed by atoms with van der Waals surface area (Å²) in [5, 5.41) is 13.7. The number of nitro benzene ring substituents is 1. The molecule has 1 amide bonds. The zero-order valence-electron chi connectivity index (χ0n) is 14.9. The zero-order chi connectivity index (χ0) is 20.7. The van der Waals surface area contributed by atoms with Gasteiger partial charge in [-0.1, -0.05) is 17.7 Å². The van der Waals surface area contributed by atoms with Crippen LogP contribution in [0.3, 0.4) is 0 Å². The van der Waals surface area contributed by atoms with Crippen molar-refractivity contribution in [2.24, 2.45) is 0 Å². The van der Waals surface area contributed by atoms with Crippen molar-refractivity contribution >= 4 is 40.6 Å². The van der Waals surface area contributed by atoms with E-state index in [9.17, 15) is 24.5 Å². The lowest BCUT2D eigenvalue weighted by Crippen LogP contribution is -2.30. The number of nitro groups is 1. The molecule has 1 N–H and O–H groups in total. The van der Waals surface area contributed by atoms with E-state index in [0.717, 1.165) is 0 Å². The number of halogens is 1. The van der Waals surface area contributed by atoms with Gasteiger partial charge in [-0.15, -0.1) is 0 Å². The van der Waals surface area contributed by atoms with E-state index in [0.29, 0.717) is 10.6 Å². The Morgan fingerprint density at radius 1 is 1.14 bits per heavy atom. The summed E-state index contributed by atoms with van der Waals surface area (Å²) in [6, 6.07) is 11.7. The summed E-state index contributed by atoms with van der Waals surface area (Å²) in [6.45, 7) is 1.37. The van der Waals surface area contributed by atoms with Gasteiger partial charge in [0.2, 0.25) is 0 Å². The number of Topliss-reactive ketones (excluding diaryl/α,β-unsaturated/α-hetero) is 1. The van der Waals surface area contributed by atoms with Gasteiger partial charge in [-0.3, -0.25) is 24.5 Å². The summed E-state index contributed by atoms with van der Waals surface area (Å²) in [5.41, 5.74) is 0.455. The van der Waals surface area contributed by atoms with E-state index >= 15 is 0 Å². The Morgan fingerprint density at radius 2 is 1.82 bits per heavy atom. The number of carbonyl (C=O) groups excluding carboxylic acids is 3. The zero-order valence-corrected chi connectivity index (χ0v) is 15.6. The summed E-state index contributed by atoms with van der Waals surface area (Å²) < 4.78 is 5.01. The fraction of sp³-hybridized carbons (Fsp3) is 0.211. The molecule has 8 nitrogen and oxygen atoms in total. The Labute approximate surface area is 165 Å². The third-order valence-corrected chi connectivity index (χ3v) is 3.98. The SMILES string of the molecule is C[C@H](OC(=O)CCC(=O)c1ccc(Cl)cc1)C(=O)Nc1cccc([N+](=O)[O-])c1. The molecule has 2 rings (SSSR count). The average Bonchev–Trinajstić information content (AvgIpc) is 2.66. The van der Waals surface area contributed by atoms with Gasteiger partial charge in [0.05, 0.1) is 11.3 Å². The van der Waals surface area contributed by atoms with E-state index in [2.05, 4.69) is 5.32 Å². The molecule has 0 saturated heterocycles. The van der Waals surface area contributed by atoms with Crippen LogP contribution in [-0.4, -0.2) is 28.7 Å². The van der Waals surface area contributed by atoms with Crippen molar-refractivity contribution in [2.75, 3.05) is 5.32 Å². The summed E-state index contributed by atoms with van der Waals surface area (Å²) in [7, 11) is 0. The Balaban J connectivity index is 1.83. The molecule has 0 unspecified atom stereocenters. The molecule has 0 aliphatic carbocycles. The highest BCUT2D eigenvalue weighted by Crippen LogP contribution is 2.17. The predicted molar refractivity (Wildman–Crippen MR) is 102 cm³/mol. The first-order chi connectivity index (χ1) is 13.3. The number of non-ortho nitro benzene ring substituents is 1. The molecule has 28 heavy (non-hydrogen) atoms. The number of ether oxygens (including phenoxy) is 1. The Morgan fingerprint density at radius 3 is 2.46 bits per heavy atom. The number of hydrogen-bond acceptors (Lipinski definition) is 6. The monoisotopic (exact) mass is 404 g/mol. The first kappa shape index (κ1) is 21.0. The van der Waals surface area contributed by atoms with Crippen molar-refractivity contribution in [1.82, 2.24) is 0 Å². The Bertz CT molecular complexity index is 898. The second-order valence-corrected chi connectivity index (χ2v) is 6.30. The van der Waals surface area contributed by atoms with Gasteiger partial charge < -0.3 is 10.1 Å². The highest BCUT2D eigenvalue weighted by molar-refractivity contribution is 6.30. The van der Waals surface area contributed by atoms with Crippen LogP contribution in [0.15, 0.2) is 48.5 Å². The lowest BCUT2D eigenvalue weighted by atomic mass is 10.1. The maximum Gasteiger partial charge on any atom is 0.307 e. The number of carbonyl (C=O) groups is 3. The van der Waals surface area contributed by atoms with Crippen molar-refractivity contribution in [2.45, 2.75) is 25.9 Å². The second kappa shape index (κ2) is 9.61. The van der Waals surface area contributed by atoms with Gasteiger partial charge >= 0.3 is 5.97 Å². The minimum atomic E-state index is -1.13. The van der Waals surface area contributed by atoms with Crippen LogP contribution in [0.4, 0.5) is 11.4 Å². The van der Waals surface area contributed by atoms with Crippen molar-refractivity contribution in [3.63, 3.8) is 0 Å². The molecular weight excluding hydrogens is 388 g/mol. The number of hydrogen-bond donors (Lipinski definition) is 1. The fourth-order valence-electron chi connectivity index (χ4n) is 2.25. The lowest BCUT2D eigenvalue weighted by Gasteiger charge is -2.13. The maximum atomic E-state index is 12.1. The molecule has 0 radical (unpaired) electrons. The van der Waals surface area contributed by atoms with Crippen LogP contribution in [0.2, 0.25) is 5.02 Å². The molecule has 1 atom stereocenters. The van der Waals surface area contributed by atoms with Crippen molar-refractivity contribution in [3.8, 4) is 0 Å². The number of nitrogens with zero attached hydrogens (tertiary/aromatic N) is 1. The average molecular weight is 405 g/mol. The normalized spacial score (nSPS) is 11.4. The van der Waals surface area contributed by atoms with Gasteiger partial charge in [0.25, 0.3) is 11.6 Å². The first-order valence-corrected chi connectivity index (χ1v) is 8.67. The molecule has 2 aromatic carbocycles. The molecule has 0 fully saturated rings. The third-order valence-electron chi connectivity index (χ3n) is 3.72. The number of rotatable bonds is 8. The van der Waals surface area contributed by atoms with Crippen LogP contribution in [0, 0.1) is 10.1 Å². The molecule has 2 aromatic rings. The molecule has 0 bridgehead atoms. The van der Waals surface area contributed by atoms with Crippen LogP contribution >= 0.6 is 11.6 Å². The summed E-state index contributed by atoms with van der Waals surface area (Å²) in [5.74, 6) is -1.59. The molecule has 0 spiro atoms. The van der Waals surface area contributed by atoms with E-state index in [1.165, 1.54) is 31.2 Å². The number of esters is 1. The first-order valence-electron chi connectivity index (χ1n) is 8.30. The number of benzene rings is 2. The Hall–Kier alpha value is -3.26. The van der Waals surface area contributed by atoms with Crippen LogP contribution < -0.4 is 5.32 Å². The van der Waals surface area contributed by atoms with Gasteiger partial charge in [-0.2, -0.15) is 0 Å². The quantitative estimate of drug-likeness (QED) is 0.310. The van der Waals surface area contributed by atoms with Gasteiger partial charge in [0.15, 0.2) is 11.9 Å². The van der Waals surface area contributed by atoms with Crippen molar-refractivity contribution in [3.05, 3.63) is 69.2 Å². The van der Waals surface area contributed by atoms with E-state index in [4.69, 9.17) is 16.3 Å². The highest BCUT2D eigenvalue weighted by Gasteiger charge is 2.19. The van der Waals surface area contributed by atoms with Crippen LogP contribution in [0.1, 0.15) is 30.1 Å². The second-order valence-electron chi connectivity index (χ2n) is 5.86. The summed E-state index contributed by atoms with van der Waals surface area (Å²) in [4.78, 5) is 46.2. The number of anilines is 1. The van der Waals surface area contributed by atoms with Gasteiger partial charge in [-0.05, 0) is 37.3 Å². The van der Waals surface area contributed by atoms with E-state index < -0.39 is 22.9 Å². The third kappa shape index (κ3) is 6.17. The topological polar surface area (TPSA) is 116 Å². The molecule has 9 heteroatoms. The molecule has 0 aliphatic heterocycles. The highest BCUT2D eigenvalue weighted by atomic mass is 35.5. The molecule has 0 saturated carbocycles. The molecule has 0 heterocycles. The van der Waals surface area contributed by atoms with Crippen LogP contribution in [0.5, 0.6) is 0 Å². The smallest absolute Gasteiger partial charge is 0.307 e. The fourth-order valence-corrected chi connectivity index (χ4v) is 2.37. The van der Waals surface area contributed by atoms with E-state index in [1.54, 1.807) is 24.3 Å². The number of nitrogens with one attached hydrogen (secondary N) is 1. The minimum Gasteiger partial charge on any atom is -0.453 e. The molecule has 0 aromatic heterocycles. The summed E-state index contributed by atoms with van der Waals surface area (Å²) >= 11 is 5.76. The molecular formula is C19H17ClN2O6. The van der Waals surface area contributed by atoms with Gasteiger partial charge in [-0.25, -0.2) is 0 Å².